The first-order chi connectivity index (χ1) is 6.99. The summed E-state index contributed by atoms with van der Waals surface area (Å²) >= 11 is 11.7. The Morgan fingerprint density at radius 3 is 2.53 bits per heavy atom. The fourth-order valence-electron chi connectivity index (χ4n) is 1.43. The Labute approximate surface area is 101 Å². The van der Waals surface area contributed by atoms with Crippen LogP contribution in [-0.4, -0.2) is 6.04 Å². The molecule has 0 fully saturated rings. The maximum Gasteiger partial charge on any atom is 0.0595 e. The number of allylic oxidation sites excluding steroid dienone is 1. The van der Waals surface area contributed by atoms with Crippen molar-refractivity contribution in [1.29, 1.82) is 0 Å². The topological polar surface area (TPSA) is 26.0 Å². The fourth-order valence-corrected chi connectivity index (χ4v) is 1.75. The fraction of sp³-hybridized carbons (Fsp3) is 0.333. The van der Waals surface area contributed by atoms with Crippen LogP contribution in [0.25, 0.3) is 0 Å². The lowest BCUT2D eigenvalue weighted by molar-refractivity contribution is 0.803. The van der Waals surface area contributed by atoms with Crippen LogP contribution >= 0.6 is 23.2 Å². The van der Waals surface area contributed by atoms with Crippen molar-refractivity contribution in [3.8, 4) is 0 Å². The molecule has 0 spiro atoms. The number of benzene rings is 1. The molecule has 0 aliphatic rings. The molecule has 82 valence electrons. The molecular weight excluding hydrogens is 229 g/mol. The van der Waals surface area contributed by atoms with E-state index in [0.29, 0.717) is 10.0 Å². The highest BCUT2D eigenvalue weighted by Gasteiger charge is 2.03. The highest BCUT2D eigenvalue weighted by molar-refractivity contribution is 6.42. The van der Waals surface area contributed by atoms with Gasteiger partial charge in [0.1, 0.15) is 0 Å². The molecule has 0 heterocycles. The molecule has 0 aliphatic carbocycles. The largest absolute Gasteiger partial charge is 0.324 e. The van der Waals surface area contributed by atoms with E-state index in [1.165, 1.54) is 5.57 Å². The molecule has 0 aliphatic heterocycles. The van der Waals surface area contributed by atoms with E-state index in [-0.39, 0.29) is 6.04 Å². The van der Waals surface area contributed by atoms with Crippen LogP contribution in [0.15, 0.2) is 29.8 Å². The summed E-state index contributed by atoms with van der Waals surface area (Å²) in [6.07, 6.45) is 2.82. The normalized spacial score (nSPS) is 12.3. The first-order valence-corrected chi connectivity index (χ1v) is 5.59. The van der Waals surface area contributed by atoms with Crippen molar-refractivity contribution in [2.45, 2.75) is 26.3 Å². The summed E-state index contributed by atoms with van der Waals surface area (Å²) in [4.78, 5) is 0. The number of hydrogen-bond acceptors (Lipinski definition) is 1. The van der Waals surface area contributed by atoms with E-state index in [2.05, 4.69) is 0 Å². The predicted octanol–water partition coefficient (Wildman–Crippen LogP) is 3.83. The standard InChI is InChI=1S/C12H15Cl2N/c1-8(2)5-10(15)6-9-3-4-11(13)12(14)7-9/h3-5,7,10H,6,15H2,1-2H3. The van der Waals surface area contributed by atoms with Gasteiger partial charge in [-0.15, -0.1) is 0 Å². The molecule has 0 aromatic heterocycles. The van der Waals surface area contributed by atoms with Crippen molar-refractivity contribution in [3.05, 3.63) is 45.5 Å². The number of hydrogen-bond donors (Lipinski definition) is 1. The van der Waals surface area contributed by atoms with Crippen LogP contribution in [-0.2, 0) is 6.42 Å². The van der Waals surface area contributed by atoms with E-state index in [0.717, 1.165) is 12.0 Å². The Balaban J connectivity index is 2.73. The summed E-state index contributed by atoms with van der Waals surface area (Å²) in [6, 6.07) is 5.65. The third-order valence-corrected chi connectivity index (χ3v) is 2.74. The molecule has 2 N–H and O–H groups in total. The van der Waals surface area contributed by atoms with Gasteiger partial charge in [-0.05, 0) is 38.0 Å². The van der Waals surface area contributed by atoms with Crippen LogP contribution in [0.2, 0.25) is 10.0 Å². The molecule has 0 bridgehead atoms. The van der Waals surface area contributed by atoms with Crippen LogP contribution in [0.3, 0.4) is 0 Å². The van der Waals surface area contributed by atoms with E-state index in [1.54, 1.807) is 6.07 Å². The lowest BCUT2D eigenvalue weighted by atomic mass is 10.1. The second-order valence-electron chi connectivity index (χ2n) is 3.86. The van der Waals surface area contributed by atoms with Gasteiger partial charge in [0.2, 0.25) is 0 Å². The average Bonchev–Trinajstić information content (AvgIpc) is 2.10. The minimum Gasteiger partial charge on any atom is -0.324 e. The van der Waals surface area contributed by atoms with Gasteiger partial charge in [-0.1, -0.05) is 40.9 Å². The van der Waals surface area contributed by atoms with E-state index < -0.39 is 0 Å². The first-order valence-electron chi connectivity index (χ1n) is 4.83. The summed E-state index contributed by atoms with van der Waals surface area (Å²) in [7, 11) is 0. The average molecular weight is 244 g/mol. The van der Waals surface area contributed by atoms with Crippen LogP contribution in [0, 0.1) is 0 Å². The minimum absolute atomic E-state index is 0.0345. The molecule has 1 atom stereocenters. The van der Waals surface area contributed by atoms with Crippen molar-refractivity contribution in [2.75, 3.05) is 0 Å². The van der Waals surface area contributed by atoms with E-state index in [4.69, 9.17) is 28.9 Å². The molecule has 1 nitrogen and oxygen atoms in total. The zero-order valence-electron chi connectivity index (χ0n) is 8.93. The second kappa shape index (κ2) is 5.55. The van der Waals surface area contributed by atoms with Crippen molar-refractivity contribution in [3.63, 3.8) is 0 Å². The maximum atomic E-state index is 5.94. The summed E-state index contributed by atoms with van der Waals surface area (Å²) < 4.78 is 0. The molecular formula is C12H15Cl2N. The molecule has 0 amide bonds. The van der Waals surface area contributed by atoms with Gasteiger partial charge in [0.25, 0.3) is 0 Å². The van der Waals surface area contributed by atoms with Crippen molar-refractivity contribution in [1.82, 2.24) is 0 Å². The van der Waals surface area contributed by atoms with Crippen LogP contribution < -0.4 is 5.73 Å². The van der Waals surface area contributed by atoms with Gasteiger partial charge in [0.15, 0.2) is 0 Å². The maximum absolute atomic E-state index is 5.94. The second-order valence-corrected chi connectivity index (χ2v) is 4.67. The third kappa shape index (κ3) is 4.25. The van der Waals surface area contributed by atoms with Crippen molar-refractivity contribution in [2.24, 2.45) is 5.73 Å². The van der Waals surface area contributed by atoms with Gasteiger partial charge in [-0.2, -0.15) is 0 Å². The third-order valence-electron chi connectivity index (χ3n) is 2.00. The summed E-state index contributed by atoms with van der Waals surface area (Å²) in [5.74, 6) is 0. The Morgan fingerprint density at radius 1 is 1.33 bits per heavy atom. The summed E-state index contributed by atoms with van der Waals surface area (Å²) in [6.45, 7) is 4.07. The smallest absolute Gasteiger partial charge is 0.0595 e. The summed E-state index contributed by atoms with van der Waals surface area (Å²) in [5, 5.41) is 1.16. The van der Waals surface area contributed by atoms with Crippen LogP contribution in [0.4, 0.5) is 0 Å². The molecule has 15 heavy (non-hydrogen) atoms. The minimum atomic E-state index is 0.0345. The zero-order valence-corrected chi connectivity index (χ0v) is 10.4. The van der Waals surface area contributed by atoms with Crippen molar-refractivity contribution < 1.29 is 0 Å². The van der Waals surface area contributed by atoms with Gasteiger partial charge in [0, 0.05) is 6.04 Å². The molecule has 1 aromatic carbocycles. The number of nitrogens with two attached hydrogens (primary N) is 1. The monoisotopic (exact) mass is 243 g/mol. The Kier molecular flexibility index (Phi) is 4.65. The van der Waals surface area contributed by atoms with Crippen molar-refractivity contribution >= 4 is 23.2 Å². The predicted molar refractivity (Wildman–Crippen MR) is 67.6 cm³/mol. The highest BCUT2D eigenvalue weighted by atomic mass is 35.5. The Morgan fingerprint density at radius 2 is 2.00 bits per heavy atom. The lowest BCUT2D eigenvalue weighted by Crippen LogP contribution is -2.20. The van der Waals surface area contributed by atoms with Gasteiger partial charge in [0.05, 0.1) is 10.0 Å². The molecule has 1 aromatic rings. The molecule has 1 unspecified atom stereocenters. The number of rotatable bonds is 3. The van der Waals surface area contributed by atoms with Gasteiger partial charge >= 0.3 is 0 Å². The van der Waals surface area contributed by atoms with Gasteiger partial charge < -0.3 is 5.73 Å². The first kappa shape index (κ1) is 12.6. The molecule has 0 radical (unpaired) electrons. The molecule has 1 rings (SSSR count). The molecule has 0 saturated carbocycles. The quantitative estimate of drug-likeness (QED) is 0.803. The van der Waals surface area contributed by atoms with Gasteiger partial charge in [-0.3, -0.25) is 0 Å². The Bertz CT molecular complexity index is 368. The SMILES string of the molecule is CC(C)=CC(N)Cc1ccc(Cl)c(Cl)c1. The van der Waals surface area contributed by atoms with Gasteiger partial charge in [-0.25, -0.2) is 0 Å². The molecule has 3 heteroatoms. The molecule has 0 saturated heterocycles. The van der Waals surface area contributed by atoms with E-state index in [9.17, 15) is 0 Å². The lowest BCUT2D eigenvalue weighted by Gasteiger charge is -2.08. The van der Waals surface area contributed by atoms with Crippen LogP contribution in [0.1, 0.15) is 19.4 Å². The van der Waals surface area contributed by atoms with E-state index in [1.807, 2.05) is 32.1 Å². The Hall–Kier alpha value is -0.500. The van der Waals surface area contributed by atoms with Crippen LogP contribution in [0.5, 0.6) is 0 Å². The summed E-state index contributed by atoms with van der Waals surface area (Å²) in [5.41, 5.74) is 8.27. The zero-order chi connectivity index (χ0) is 11.4. The highest BCUT2D eigenvalue weighted by Crippen LogP contribution is 2.23. The number of halogens is 2. The van der Waals surface area contributed by atoms with E-state index >= 15 is 0 Å².